The Bertz CT molecular complexity index is 911. The Kier molecular flexibility index (Phi) is 4.95. The van der Waals surface area contributed by atoms with E-state index in [0.29, 0.717) is 21.5 Å². The third-order valence-electron chi connectivity index (χ3n) is 3.49. The Morgan fingerprint density at radius 2 is 2.00 bits per heavy atom. The quantitative estimate of drug-likeness (QED) is 0.717. The number of anilines is 1. The van der Waals surface area contributed by atoms with E-state index < -0.39 is 0 Å². The summed E-state index contributed by atoms with van der Waals surface area (Å²) in [6.07, 6.45) is 1.81. The van der Waals surface area contributed by atoms with Gasteiger partial charge in [-0.2, -0.15) is 0 Å². The normalized spacial score (nSPS) is 12.0. The van der Waals surface area contributed by atoms with E-state index in [0.717, 1.165) is 5.69 Å². The lowest BCUT2D eigenvalue weighted by Crippen LogP contribution is -2.28. The molecule has 0 spiro atoms. The molecule has 3 aromatic heterocycles. The Balaban J connectivity index is 1.65. The predicted octanol–water partition coefficient (Wildman–Crippen LogP) is 2.99. The number of aromatic nitrogens is 3. The maximum atomic E-state index is 12.3. The summed E-state index contributed by atoms with van der Waals surface area (Å²) in [5.41, 5.74) is 1.74. The fourth-order valence-corrected chi connectivity index (χ4v) is 3.68. The number of amides is 2. The number of hydrogen-bond acceptors (Lipinski definition) is 6. The summed E-state index contributed by atoms with van der Waals surface area (Å²) in [7, 11) is 1.81. The second-order valence-electron chi connectivity index (χ2n) is 5.52. The molecular weight excluding hydrogens is 358 g/mol. The number of carbonyl (C=O) groups is 2. The van der Waals surface area contributed by atoms with Gasteiger partial charge in [0.05, 0.1) is 11.7 Å². The van der Waals surface area contributed by atoms with Crippen LogP contribution in [0.1, 0.15) is 44.6 Å². The van der Waals surface area contributed by atoms with Crippen LogP contribution in [0, 0.1) is 6.92 Å². The minimum atomic E-state index is -0.308. The lowest BCUT2D eigenvalue weighted by Gasteiger charge is -2.11. The molecule has 0 aliphatic heterocycles. The number of thiazole rings is 2. The molecule has 1 atom stereocenters. The largest absolute Gasteiger partial charge is 0.347 e. The van der Waals surface area contributed by atoms with Crippen molar-refractivity contribution in [3.8, 4) is 0 Å². The van der Waals surface area contributed by atoms with Gasteiger partial charge in [0.2, 0.25) is 0 Å². The first kappa shape index (κ1) is 17.3. The van der Waals surface area contributed by atoms with Crippen molar-refractivity contribution in [1.29, 1.82) is 0 Å². The van der Waals surface area contributed by atoms with Gasteiger partial charge in [-0.3, -0.25) is 14.9 Å². The third kappa shape index (κ3) is 3.94. The molecule has 0 fully saturated rings. The second-order valence-corrected chi connectivity index (χ2v) is 7.27. The van der Waals surface area contributed by atoms with Crippen LogP contribution in [0.3, 0.4) is 0 Å². The summed E-state index contributed by atoms with van der Waals surface area (Å²) < 4.78 is 1.75. The van der Waals surface area contributed by atoms with Gasteiger partial charge in [-0.25, -0.2) is 9.97 Å². The summed E-state index contributed by atoms with van der Waals surface area (Å²) in [6, 6.07) is 3.26. The highest BCUT2D eigenvalue weighted by molar-refractivity contribution is 7.14. The molecule has 25 heavy (non-hydrogen) atoms. The number of nitrogens with one attached hydrogen (secondary N) is 2. The Morgan fingerprint density at radius 3 is 2.64 bits per heavy atom. The molecule has 2 N–H and O–H groups in total. The molecule has 0 aromatic carbocycles. The van der Waals surface area contributed by atoms with Crippen molar-refractivity contribution in [1.82, 2.24) is 19.9 Å². The van der Waals surface area contributed by atoms with Crippen LogP contribution in [0.25, 0.3) is 0 Å². The number of carbonyl (C=O) groups excluding carboxylic acids is 2. The van der Waals surface area contributed by atoms with E-state index >= 15 is 0 Å². The maximum absolute atomic E-state index is 12.3. The van der Waals surface area contributed by atoms with Gasteiger partial charge in [-0.1, -0.05) is 0 Å². The third-order valence-corrected chi connectivity index (χ3v) is 5.39. The van der Waals surface area contributed by atoms with E-state index in [4.69, 9.17) is 0 Å². The molecule has 3 heterocycles. The van der Waals surface area contributed by atoms with Gasteiger partial charge in [0.15, 0.2) is 5.13 Å². The Hall–Kier alpha value is -2.52. The molecule has 0 bridgehead atoms. The highest BCUT2D eigenvalue weighted by Crippen LogP contribution is 2.20. The van der Waals surface area contributed by atoms with Gasteiger partial charge in [0.1, 0.15) is 16.4 Å². The SMILES string of the molecule is Cc1csc(NC(=O)c2csc([C@H](C)NC(=O)c3cccn3C)n2)n1. The molecule has 3 rings (SSSR count). The van der Waals surface area contributed by atoms with Gasteiger partial charge >= 0.3 is 0 Å². The molecule has 0 aliphatic carbocycles. The van der Waals surface area contributed by atoms with Crippen LogP contribution in [-0.2, 0) is 7.05 Å². The number of hydrogen-bond donors (Lipinski definition) is 2. The Morgan fingerprint density at radius 1 is 1.20 bits per heavy atom. The standard InChI is InChI=1S/C16H17N5O2S2/c1-9-7-25-16(17-9)20-13(22)11-8-24-15(19-11)10(2)18-14(23)12-5-4-6-21(12)3/h4-8,10H,1-3H3,(H,18,23)(H,17,20,22)/t10-/m0/s1. The summed E-state index contributed by atoms with van der Waals surface area (Å²) in [6.45, 7) is 3.70. The number of aryl methyl sites for hydroxylation is 2. The van der Waals surface area contributed by atoms with Crippen LogP contribution in [-0.4, -0.2) is 26.3 Å². The van der Waals surface area contributed by atoms with E-state index in [9.17, 15) is 9.59 Å². The Labute approximate surface area is 152 Å². The van der Waals surface area contributed by atoms with E-state index in [-0.39, 0.29) is 17.9 Å². The lowest BCUT2D eigenvalue weighted by molar-refractivity contribution is 0.0931. The van der Waals surface area contributed by atoms with Gasteiger partial charge in [-0.05, 0) is 26.0 Å². The smallest absolute Gasteiger partial charge is 0.276 e. The van der Waals surface area contributed by atoms with Crippen molar-refractivity contribution in [3.63, 3.8) is 0 Å². The summed E-state index contributed by atoms with van der Waals surface area (Å²) in [4.78, 5) is 33.0. The number of rotatable bonds is 5. The first-order valence-corrected chi connectivity index (χ1v) is 9.31. The van der Waals surface area contributed by atoms with E-state index in [2.05, 4.69) is 20.6 Å². The van der Waals surface area contributed by atoms with Gasteiger partial charge in [0, 0.05) is 24.0 Å². The molecule has 7 nitrogen and oxygen atoms in total. The average Bonchev–Trinajstić information content (AvgIpc) is 3.28. The van der Waals surface area contributed by atoms with Gasteiger partial charge in [-0.15, -0.1) is 22.7 Å². The zero-order valence-electron chi connectivity index (χ0n) is 13.9. The number of nitrogens with zero attached hydrogens (tertiary/aromatic N) is 3. The van der Waals surface area contributed by atoms with Gasteiger partial charge < -0.3 is 9.88 Å². The minimum absolute atomic E-state index is 0.181. The predicted molar refractivity (Wildman–Crippen MR) is 98.2 cm³/mol. The van der Waals surface area contributed by atoms with E-state index in [1.807, 2.05) is 38.5 Å². The molecule has 0 unspecified atom stereocenters. The highest BCUT2D eigenvalue weighted by Gasteiger charge is 2.18. The second kappa shape index (κ2) is 7.16. The molecule has 130 valence electrons. The minimum Gasteiger partial charge on any atom is -0.347 e. The van der Waals surface area contributed by atoms with Gasteiger partial charge in [0.25, 0.3) is 11.8 Å². The van der Waals surface area contributed by atoms with Crippen LogP contribution in [0.2, 0.25) is 0 Å². The molecular formula is C16H17N5O2S2. The summed E-state index contributed by atoms with van der Waals surface area (Å²) >= 11 is 2.70. The zero-order valence-corrected chi connectivity index (χ0v) is 15.6. The van der Waals surface area contributed by atoms with Crippen molar-refractivity contribution in [2.75, 3.05) is 5.32 Å². The first-order chi connectivity index (χ1) is 11.9. The molecule has 0 saturated carbocycles. The van der Waals surface area contributed by atoms with Crippen molar-refractivity contribution in [2.45, 2.75) is 19.9 Å². The molecule has 0 radical (unpaired) electrons. The molecule has 0 saturated heterocycles. The van der Waals surface area contributed by atoms with Crippen LogP contribution < -0.4 is 10.6 Å². The monoisotopic (exact) mass is 375 g/mol. The highest BCUT2D eigenvalue weighted by atomic mass is 32.1. The summed E-state index contributed by atoms with van der Waals surface area (Å²) in [5, 5.41) is 10.4. The lowest BCUT2D eigenvalue weighted by atomic mass is 10.3. The van der Waals surface area contributed by atoms with Crippen molar-refractivity contribution >= 4 is 39.6 Å². The first-order valence-electron chi connectivity index (χ1n) is 7.55. The van der Waals surface area contributed by atoms with Crippen LogP contribution in [0.15, 0.2) is 29.1 Å². The van der Waals surface area contributed by atoms with Crippen LogP contribution >= 0.6 is 22.7 Å². The van der Waals surface area contributed by atoms with Crippen molar-refractivity contribution in [3.05, 3.63) is 51.2 Å². The fraction of sp³-hybridized carbons (Fsp3) is 0.250. The molecule has 2 amide bonds. The fourth-order valence-electron chi connectivity index (χ4n) is 2.19. The summed E-state index contributed by atoms with van der Waals surface area (Å²) in [5.74, 6) is -0.489. The molecule has 9 heteroatoms. The topological polar surface area (TPSA) is 88.9 Å². The van der Waals surface area contributed by atoms with E-state index in [1.54, 1.807) is 16.0 Å². The van der Waals surface area contributed by atoms with Crippen molar-refractivity contribution < 1.29 is 9.59 Å². The van der Waals surface area contributed by atoms with Crippen LogP contribution in [0.5, 0.6) is 0 Å². The zero-order chi connectivity index (χ0) is 18.0. The molecule has 3 aromatic rings. The maximum Gasteiger partial charge on any atom is 0.276 e. The molecule has 0 aliphatic rings. The van der Waals surface area contributed by atoms with Crippen molar-refractivity contribution in [2.24, 2.45) is 7.05 Å². The van der Waals surface area contributed by atoms with E-state index in [1.165, 1.54) is 22.7 Å². The average molecular weight is 375 g/mol. The van der Waals surface area contributed by atoms with Crippen LogP contribution in [0.4, 0.5) is 5.13 Å².